The molecule has 0 fully saturated rings. The number of hydrogen-bond donors (Lipinski definition) is 1. The lowest BCUT2D eigenvalue weighted by atomic mass is 10.2. The first-order chi connectivity index (χ1) is 10.0. The van der Waals surface area contributed by atoms with Crippen LogP contribution in [0.1, 0.15) is 25.2 Å². The maximum atomic E-state index is 12.0. The van der Waals surface area contributed by atoms with E-state index in [1.54, 1.807) is 17.9 Å². The van der Waals surface area contributed by atoms with Gasteiger partial charge < -0.3 is 10.1 Å². The molecule has 0 amide bonds. The Morgan fingerprint density at radius 1 is 1.29 bits per heavy atom. The highest BCUT2D eigenvalue weighted by Crippen LogP contribution is 2.15. The van der Waals surface area contributed by atoms with Gasteiger partial charge >= 0.3 is 0 Å². The molecule has 1 heterocycles. The van der Waals surface area contributed by atoms with Gasteiger partial charge in [0, 0.05) is 24.3 Å². The van der Waals surface area contributed by atoms with Crippen LogP contribution in [0.5, 0.6) is 5.75 Å². The van der Waals surface area contributed by atoms with E-state index in [9.17, 15) is 4.79 Å². The second-order valence-corrected chi connectivity index (χ2v) is 5.24. The molecule has 0 unspecified atom stereocenters. The van der Waals surface area contributed by atoms with E-state index in [-0.39, 0.29) is 5.43 Å². The van der Waals surface area contributed by atoms with Crippen molar-refractivity contribution in [3.63, 3.8) is 0 Å². The van der Waals surface area contributed by atoms with Gasteiger partial charge in [-0.2, -0.15) is 5.10 Å². The number of aryl methyl sites for hydroxylation is 1. The number of hydrogen-bond acceptors (Lipinski definition) is 4. The van der Waals surface area contributed by atoms with E-state index in [1.807, 2.05) is 45.0 Å². The fourth-order valence-corrected chi connectivity index (χ4v) is 1.99. The molecule has 21 heavy (non-hydrogen) atoms. The van der Waals surface area contributed by atoms with Crippen LogP contribution in [0.15, 0.2) is 35.1 Å². The molecule has 0 aliphatic carbocycles. The molecule has 1 aromatic heterocycles. The Kier molecular flexibility index (Phi) is 4.75. The van der Waals surface area contributed by atoms with Crippen molar-refractivity contribution in [2.24, 2.45) is 0 Å². The monoisotopic (exact) mass is 287 g/mol. The van der Waals surface area contributed by atoms with Gasteiger partial charge in [0.2, 0.25) is 5.43 Å². The summed E-state index contributed by atoms with van der Waals surface area (Å²) in [7, 11) is 1.63. The van der Waals surface area contributed by atoms with Crippen LogP contribution in [0, 0.1) is 6.92 Å². The van der Waals surface area contributed by atoms with Crippen molar-refractivity contribution in [3.05, 3.63) is 51.9 Å². The summed E-state index contributed by atoms with van der Waals surface area (Å²) in [5, 5.41) is 7.69. The summed E-state index contributed by atoms with van der Waals surface area (Å²) in [4.78, 5) is 12.0. The molecule has 1 N–H and O–H groups in total. The fourth-order valence-electron chi connectivity index (χ4n) is 1.99. The van der Waals surface area contributed by atoms with Gasteiger partial charge in [-0.25, -0.2) is 4.68 Å². The quantitative estimate of drug-likeness (QED) is 0.914. The van der Waals surface area contributed by atoms with E-state index in [4.69, 9.17) is 4.74 Å². The molecule has 5 heteroatoms. The predicted octanol–water partition coefficient (Wildman–Crippen LogP) is 2.05. The Bertz CT molecular complexity index is 660. The van der Waals surface area contributed by atoms with E-state index in [0.29, 0.717) is 18.3 Å². The first-order valence-corrected chi connectivity index (χ1v) is 6.99. The summed E-state index contributed by atoms with van der Waals surface area (Å²) in [6.45, 7) is 6.41. The van der Waals surface area contributed by atoms with Crippen molar-refractivity contribution in [2.45, 2.75) is 33.4 Å². The van der Waals surface area contributed by atoms with Crippen LogP contribution in [-0.2, 0) is 6.54 Å². The van der Waals surface area contributed by atoms with E-state index >= 15 is 0 Å². The van der Waals surface area contributed by atoms with Crippen LogP contribution < -0.4 is 15.5 Å². The van der Waals surface area contributed by atoms with Gasteiger partial charge in [-0.15, -0.1) is 0 Å². The fraction of sp³-hybridized carbons (Fsp3) is 0.375. The lowest BCUT2D eigenvalue weighted by Gasteiger charge is -2.13. The number of aromatic nitrogens is 2. The average Bonchev–Trinajstić information content (AvgIpc) is 2.46. The van der Waals surface area contributed by atoms with Gasteiger partial charge in [0.1, 0.15) is 11.4 Å². The summed E-state index contributed by atoms with van der Waals surface area (Å²) in [5.74, 6) is 0.791. The molecule has 0 aliphatic heterocycles. The Hall–Kier alpha value is -2.14. The lowest BCUT2D eigenvalue weighted by Crippen LogP contribution is -2.28. The zero-order chi connectivity index (χ0) is 15.4. The number of methoxy groups -OCH3 is 1. The van der Waals surface area contributed by atoms with Crippen LogP contribution in [0.3, 0.4) is 0 Å². The summed E-state index contributed by atoms with van der Waals surface area (Å²) >= 11 is 0. The van der Waals surface area contributed by atoms with Gasteiger partial charge in [0.15, 0.2) is 0 Å². The Labute approximate surface area is 124 Å². The van der Waals surface area contributed by atoms with Crippen molar-refractivity contribution in [3.8, 4) is 11.4 Å². The molecule has 5 nitrogen and oxygen atoms in total. The van der Waals surface area contributed by atoms with Crippen LogP contribution in [-0.4, -0.2) is 22.9 Å². The average molecular weight is 287 g/mol. The van der Waals surface area contributed by atoms with Gasteiger partial charge in [-0.3, -0.25) is 4.79 Å². The second-order valence-electron chi connectivity index (χ2n) is 5.24. The minimum absolute atomic E-state index is 0.0367. The second kappa shape index (κ2) is 6.54. The normalized spacial score (nSPS) is 10.9. The number of ether oxygens (including phenoxy) is 1. The molecular weight excluding hydrogens is 266 g/mol. The minimum atomic E-state index is -0.0367. The zero-order valence-electron chi connectivity index (χ0n) is 12.9. The van der Waals surface area contributed by atoms with Crippen molar-refractivity contribution < 1.29 is 4.74 Å². The molecule has 0 radical (unpaired) electrons. The van der Waals surface area contributed by atoms with Crippen molar-refractivity contribution in [1.29, 1.82) is 0 Å². The molecule has 1 aromatic carbocycles. The highest BCUT2D eigenvalue weighted by Gasteiger charge is 2.08. The number of nitrogens with one attached hydrogen (secondary N) is 1. The van der Waals surface area contributed by atoms with Gasteiger partial charge in [0.05, 0.1) is 12.8 Å². The number of nitrogens with zero attached hydrogens (tertiary/aromatic N) is 2. The van der Waals surface area contributed by atoms with Crippen molar-refractivity contribution >= 4 is 0 Å². The molecule has 0 saturated heterocycles. The summed E-state index contributed by atoms with van der Waals surface area (Å²) in [5.41, 5.74) is 2.19. The first kappa shape index (κ1) is 15.3. The summed E-state index contributed by atoms with van der Waals surface area (Å²) < 4.78 is 6.93. The Morgan fingerprint density at radius 3 is 2.52 bits per heavy atom. The van der Waals surface area contributed by atoms with E-state index in [2.05, 4.69) is 10.4 Å². The smallest absolute Gasteiger partial charge is 0.204 e. The first-order valence-electron chi connectivity index (χ1n) is 6.99. The van der Waals surface area contributed by atoms with Gasteiger partial charge in [-0.1, -0.05) is 13.8 Å². The van der Waals surface area contributed by atoms with E-state index < -0.39 is 0 Å². The standard InChI is InChI=1S/C16H21N3O2/c1-11(2)17-10-15-16(20)9-12(3)19(18-15)13-5-7-14(21-4)8-6-13/h5-9,11,17H,10H2,1-4H3. The van der Waals surface area contributed by atoms with Crippen LogP contribution in [0.25, 0.3) is 5.69 Å². The Balaban J connectivity index is 2.37. The third-order valence-corrected chi connectivity index (χ3v) is 3.17. The van der Waals surface area contributed by atoms with Crippen LogP contribution >= 0.6 is 0 Å². The van der Waals surface area contributed by atoms with Crippen molar-refractivity contribution in [2.75, 3.05) is 7.11 Å². The largest absolute Gasteiger partial charge is 0.497 e. The van der Waals surface area contributed by atoms with E-state index in [1.165, 1.54) is 0 Å². The summed E-state index contributed by atoms with van der Waals surface area (Å²) in [6.07, 6.45) is 0. The minimum Gasteiger partial charge on any atom is -0.497 e. The van der Waals surface area contributed by atoms with Gasteiger partial charge in [0.25, 0.3) is 0 Å². The maximum absolute atomic E-state index is 12.0. The maximum Gasteiger partial charge on any atom is 0.204 e. The van der Waals surface area contributed by atoms with Crippen LogP contribution in [0.2, 0.25) is 0 Å². The highest BCUT2D eigenvalue weighted by atomic mass is 16.5. The molecule has 0 bridgehead atoms. The molecule has 0 atom stereocenters. The lowest BCUT2D eigenvalue weighted by molar-refractivity contribution is 0.414. The molecule has 0 spiro atoms. The topological polar surface area (TPSA) is 56.1 Å². The SMILES string of the molecule is COc1ccc(-n2nc(CNC(C)C)c(=O)cc2C)cc1. The Morgan fingerprint density at radius 2 is 1.95 bits per heavy atom. The molecular formula is C16H21N3O2. The predicted molar refractivity (Wildman–Crippen MR) is 83.1 cm³/mol. The summed E-state index contributed by atoms with van der Waals surface area (Å²) in [6, 6.07) is 9.52. The van der Waals surface area contributed by atoms with Crippen LogP contribution in [0.4, 0.5) is 0 Å². The molecule has 2 rings (SSSR count). The third-order valence-electron chi connectivity index (χ3n) is 3.17. The van der Waals surface area contributed by atoms with Crippen molar-refractivity contribution in [1.82, 2.24) is 15.1 Å². The molecule has 0 saturated carbocycles. The van der Waals surface area contributed by atoms with Gasteiger partial charge in [-0.05, 0) is 31.2 Å². The third kappa shape index (κ3) is 3.70. The highest BCUT2D eigenvalue weighted by molar-refractivity contribution is 5.37. The number of rotatable bonds is 5. The number of benzene rings is 1. The molecule has 2 aromatic rings. The van der Waals surface area contributed by atoms with E-state index in [0.717, 1.165) is 17.1 Å². The molecule has 112 valence electrons. The molecule has 0 aliphatic rings. The zero-order valence-corrected chi connectivity index (χ0v) is 12.9.